The van der Waals surface area contributed by atoms with Gasteiger partial charge in [-0.2, -0.15) is 5.26 Å². The number of likely N-dealkylation sites (tertiary alicyclic amines) is 1. The standard InChI is InChI=1S/C23H27N5S2/c1-16(2)11-20-5-6-21(30-20)14-28-9-7-17(8-10-28)22-15-29-23(27-22)26-19-4-3-18(12-24)25-13-19/h3-6,13,15-17H,7-11,14H2,1-2H3,(H,26,27). The molecule has 30 heavy (non-hydrogen) atoms. The minimum atomic E-state index is 0.422. The van der Waals surface area contributed by atoms with Gasteiger partial charge in [0.25, 0.3) is 0 Å². The zero-order valence-electron chi connectivity index (χ0n) is 17.5. The SMILES string of the molecule is CC(C)Cc1ccc(CN2CCC(c3csc(Nc4ccc(C#N)nc4)n3)CC2)s1. The number of hydrogen-bond donors (Lipinski definition) is 1. The minimum Gasteiger partial charge on any atom is -0.330 e. The van der Waals surface area contributed by atoms with Crippen molar-refractivity contribution in [2.45, 2.75) is 45.6 Å². The number of nitrogens with one attached hydrogen (secondary N) is 1. The van der Waals surface area contributed by atoms with Crippen molar-refractivity contribution in [1.29, 1.82) is 5.26 Å². The number of nitriles is 1. The van der Waals surface area contributed by atoms with Crippen LogP contribution in [0.3, 0.4) is 0 Å². The highest BCUT2D eigenvalue weighted by Gasteiger charge is 2.23. The van der Waals surface area contributed by atoms with E-state index in [1.54, 1.807) is 23.6 Å². The van der Waals surface area contributed by atoms with Gasteiger partial charge in [0.2, 0.25) is 0 Å². The third kappa shape index (κ3) is 5.45. The van der Waals surface area contributed by atoms with Gasteiger partial charge in [0.1, 0.15) is 11.8 Å². The molecule has 4 rings (SSSR count). The van der Waals surface area contributed by atoms with Crippen LogP contribution in [0, 0.1) is 17.2 Å². The molecular weight excluding hydrogens is 410 g/mol. The first-order valence-electron chi connectivity index (χ1n) is 10.5. The molecule has 1 aliphatic rings. The summed E-state index contributed by atoms with van der Waals surface area (Å²) in [5.74, 6) is 1.25. The number of rotatable bonds is 7. The van der Waals surface area contributed by atoms with Gasteiger partial charge in [-0.3, -0.25) is 4.90 Å². The molecule has 5 nitrogen and oxygen atoms in total. The molecule has 0 saturated carbocycles. The second-order valence-electron chi connectivity index (χ2n) is 8.26. The number of pyridine rings is 1. The molecule has 1 aliphatic heterocycles. The molecule has 0 aliphatic carbocycles. The molecule has 4 heterocycles. The Bertz CT molecular complexity index is 991. The molecule has 0 spiro atoms. The van der Waals surface area contributed by atoms with Crippen molar-refractivity contribution in [3.05, 3.63) is 57.0 Å². The van der Waals surface area contributed by atoms with Crippen LogP contribution in [0.15, 0.2) is 35.8 Å². The molecule has 0 bridgehead atoms. The summed E-state index contributed by atoms with van der Waals surface area (Å²) in [6.07, 6.45) is 5.18. The third-order valence-electron chi connectivity index (χ3n) is 5.36. The van der Waals surface area contributed by atoms with Gasteiger partial charge < -0.3 is 5.32 Å². The highest BCUT2D eigenvalue weighted by molar-refractivity contribution is 7.13. The number of hydrogen-bond acceptors (Lipinski definition) is 7. The topological polar surface area (TPSA) is 64.8 Å². The lowest BCUT2D eigenvalue weighted by Gasteiger charge is -2.30. The van der Waals surface area contributed by atoms with Gasteiger partial charge in [0.05, 0.1) is 17.6 Å². The van der Waals surface area contributed by atoms with E-state index in [1.165, 1.54) is 21.9 Å². The summed E-state index contributed by atoms with van der Waals surface area (Å²) < 4.78 is 0. The van der Waals surface area contributed by atoms with E-state index in [1.807, 2.05) is 23.5 Å². The van der Waals surface area contributed by atoms with E-state index in [9.17, 15) is 0 Å². The lowest BCUT2D eigenvalue weighted by atomic mass is 9.94. The largest absolute Gasteiger partial charge is 0.330 e. The molecule has 1 fully saturated rings. The first-order chi connectivity index (χ1) is 14.6. The maximum absolute atomic E-state index is 8.85. The number of thiophene rings is 1. The smallest absolute Gasteiger partial charge is 0.187 e. The molecule has 0 unspecified atom stereocenters. The minimum absolute atomic E-state index is 0.422. The van der Waals surface area contributed by atoms with E-state index in [0.717, 1.165) is 49.2 Å². The third-order valence-corrected chi connectivity index (χ3v) is 7.23. The van der Waals surface area contributed by atoms with Crippen LogP contribution in [0.1, 0.15) is 53.7 Å². The average Bonchev–Trinajstić information content (AvgIpc) is 3.38. The predicted octanol–water partition coefficient (Wildman–Crippen LogP) is 5.79. The Morgan fingerprint density at radius 1 is 1.20 bits per heavy atom. The highest BCUT2D eigenvalue weighted by Crippen LogP contribution is 2.32. The van der Waals surface area contributed by atoms with E-state index in [-0.39, 0.29) is 0 Å². The van der Waals surface area contributed by atoms with E-state index < -0.39 is 0 Å². The second-order valence-corrected chi connectivity index (χ2v) is 10.4. The summed E-state index contributed by atoms with van der Waals surface area (Å²) in [4.78, 5) is 14.5. The lowest BCUT2D eigenvalue weighted by Crippen LogP contribution is -2.32. The van der Waals surface area contributed by atoms with Crippen molar-refractivity contribution in [2.75, 3.05) is 18.4 Å². The molecule has 1 saturated heterocycles. The Labute approximate surface area is 186 Å². The van der Waals surface area contributed by atoms with Crippen molar-refractivity contribution in [1.82, 2.24) is 14.9 Å². The normalized spacial score (nSPS) is 15.4. The quantitative estimate of drug-likeness (QED) is 0.506. The monoisotopic (exact) mass is 437 g/mol. The van der Waals surface area contributed by atoms with Crippen molar-refractivity contribution in [3.63, 3.8) is 0 Å². The number of anilines is 2. The molecule has 7 heteroatoms. The van der Waals surface area contributed by atoms with Crippen molar-refractivity contribution >= 4 is 33.5 Å². The Hall–Kier alpha value is -2.27. The average molecular weight is 438 g/mol. The van der Waals surface area contributed by atoms with E-state index in [4.69, 9.17) is 10.2 Å². The number of nitrogens with zero attached hydrogens (tertiary/aromatic N) is 4. The van der Waals surface area contributed by atoms with Crippen LogP contribution in [0.25, 0.3) is 0 Å². The van der Waals surface area contributed by atoms with Crippen molar-refractivity contribution in [3.8, 4) is 6.07 Å². The van der Waals surface area contributed by atoms with Gasteiger partial charge in [-0.1, -0.05) is 13.8 Å². The van der Waals surface area contributed by atoms with Crippen molar-refractivity contribution < 1.29 is 0 Å². The van der Waals surface area contributed by atoms with Gasteiger partial charge in [-0.05, 0) is 62.5 Å². The maximum atomic E-state index is 8.85. The maximum Gasteiger partial charge on any atom is 0.187 e. The molecule has 3 aromatic rings. The van der Waals surface area contributed by atoms with Crippen LogP contribution in [0.2, 0.25) is 0 Å². The molecule has 1 N–H and O–H groups in total. The van der Waals surface area contributed by atoms with Gasteiger partial charge >= 0.3 is 0 Å². The Balaban J connectivity index is 1.28. The van der Waals surface area contributed by atoms with Gasteiger partial charge in [-0.25, -0.2) is 9.97 Å². The summed E-state index contributed by atoms with van der Waals surface area (Å²) in [6.45, 7) is 7.89. The zero-order valence-corrected chi connectivity index (χ0v) is 19.1. The van der Waals surface area contributed by atoms with Gasteiger partial charge in [-0.15, -0.1) is 22.7 Å². The fourth-order valence-corrected chi connectivity index (χ4v) is 5.90. The lowest BCUT2D eigenvalue weighted by molar-refractivity contribution is 0.205. The van der Waals surface area contributed by atoms with Crippen LogP contribution >= 0.6 is 22.7 Å². The van der Waals surface area contributed by atoms with E-state index >= 15 is 0 Å². The number of aromatic nitrogens is 2. The van der Waals surface area contributed by atoms with Crippen molar-refractivity contribution in [2.24, 2.45) is 5.92 Å². The Morgan fingerprint density at radius 3 is 2.70 bits per heavy atom. The van der Waals surface area contributed by atoms with Crippen LogP contribution in [-0.4, -0.2) is 28.0 Å². The van der Waals surface area contributed by atoms with Crippen LogP contribution < -0.4 is 5.32 Å². The fourth-order valence-electron chi connectivity index (χ4n) is 3.82. The summed E-state index contributed by atoms with van der Waals surface area (Å²) in [7, 11) is 0. The van der Waals surface area contributed by atoms with Gasteiger partial charge in [0.15, 0.2) is 5.13 Å². The Morgan fingerprint density at radius 2 is 2.00 bits per heavy atom. The summed E-state index contributed by atoms with van der Waals surface area (Å²) in [5.41, 5.74) is 2.47. The van der Waals surface area contributed by atoms with Crippen LogP contribution in [-0.2, 0) is 13.0 Å². The zero-order chi connectivity index (χ0) is 20.9. The van der Waals surface area contributed by atoms with Crippen LogP contribution in [0.5, 0.6) is 0 Å². The molecule has 3 aromatic heterocycles. The fraction of sp³-hybridized carbons (Fsp3) is 0.435. The molecular formula is C23H27N5S2. The van der Waals surface area contributed by atoms with Gasteiger partial charge in [0, 0.05) is 27.6 Å². The van der Waals surface area contributed by atoms with E-state index in [2.05, 4.69) is 46.6 Å². The van der Waals surface area contributed by atoms with E-state index in [0.29, 0.717) is 11.6 Å². The Kier molecular flexibility index (Phi) is 6.78. The molecule has 0 amide bonds. The number of thiazole rings is 1. The summed E-state index contributed by atoms with van der Waals surface area (Å²) in [6, 6.07) is 10.2. The predicted molar refractivity (Wildman–Crippen MR) is 124 cm³/mol. The first kappa shape index (κ1) is 21.0. The molecule has 0 radical (unpaired) electrons. The van der Waals surface area contributed by atoms with Crippen LogP contribution in [0.4, 0.5) is 10.8 Å². The second kappa shape index (κ2) is 9.69. The summed E-state index contributed by atoms with van der Waals surface area (Å²) in [5, 5.41) is 15.2. The summed E-state index contributed by atoms with van der Waals surface area (Å²) >= 11 is 3.61. The number of piperidine rings is 1. The molecule has 156 valence electrons. The highest BCUT2D eigenvalue weighted by atomic mass is 32.1. The molecule has 0 atom stereocenters. The first-order valence-corrected chi connectivity index (χ1v) is 12.2. The molecule has 0 aromatic carbocycles.